The van der Waals surface area contributed by atoms with Crippen LogP contribution < -0.4 is 5.32 Å². The van der Waals surface area contributed by atoms with Gasteiger partial charge in [0.25, 0.3) is 0 Å². The van der Waals surface area contributed by atoms with Crippen molar-refractivity contribution in [2.45, 2.75) is 13.0 Å². The number of nitrogens with zero attached hydrogens (tertiary/aromatic N) is 1. The van der Waals surface area contributed by atoms with Gasteiger partial charge in [-0.1, -0.05) is 42.5 Å². The zero-order chi connectivity index (χ0) is 18.1. The van der Waals surface area contributed by atoms with Gasteiger partial charge in [-0.05, 0) is 23.6 Å². The van der Waals surface area contributed by atoms with Gasteiger partial charge in [0.1, 0.15) is 12.2 Å². The predicted octanol–water partition coefficient (Wildman–Crippen LogP) is 3.25. The Morgan fingerprint density at radius 2 is 2.04 bits per heavy atom. The highest BCUT2D eigenvalue weighted by molar-refractivity contribution is 5.88. The molecule has 1 amide bonds. The van der Waals surface area contributed by atoms with Gasteiger partial charge in [0, 0.05) is 12.7 Å². The molecule has 6 nitrogen and oxygen atoms in total. The summed E-state index contributed by atoms with van der Waals surface area (Å²) in [7, 11) is 0. The lowest BCUT2D eigenvalue weighted by Gasteiger charge is -2.05. The molecule has 7 heteroatoms. The normalized spacial score (nSPS) is 10.6. The highest BCUT2D eigenvalue weighted by Crippen LogP contribution is 2.09. The third kappa shape index (κ3) is 6.06. The number of amides is 1. The van der Waals surface area contributed by atoms with E-state index in [1.807, 2.05) is 30.3 Å². The molecule has 0 unspecified atom stereocenters. The van der Waals surface area contributed by atoms with E-state index in [1.54, 1.807) is 12.2 Å². The first-order valence-corrected chi connectivity index (χ1v) is 7.56. The Hall–Kier alpha value is -3.22. The van der Waals surface area contributed by atoms with Crippen molar-refractivity contribution in [1.82, 2.24) is 10.3 Å². The average molecular weight is 344 g/mol. The Balaban J connectivity index is 1.72. The summed E-state index contributed by atoms with van der Waals surface area (Å²) in [5, 5.41) is 11.4. The number of carboxylic acid groups (broad SMARTS) is 1. The van der Waals surface area contributed by atoms with E-state index in [1.165, 1.54) is 12.3 Å². The molecule has 0 aliphatic carbocycles. The fourth-order valence-corrected chi connectivity index (χ4v) is 1.96. The zero-order valence-corrected chi connectivity index (χ0v) is 13.3. The number of ether oxygens (including phenoxy) is 1. The predicted molar refractivity (Wildman–Crippen MR) is 89.4 cm³/mol. The molecule has 2 N–H and O–H groups in total. The van der Waals surface area contributed by atoms with Gasteiger partial charge < -0.3 is 15.2 Å². The van der Waals surface area contributed by atoms with E-state index in [0.29, 0.717) is 18.5 Å². The Labute approximate surface area is 144 Å². The second-order valence-electron chi connectivity index (χ2n) is 5.09. The summed E-state index contributed by atoms with van der Waals surface area (Å²) in [5.74, 6) is -2.39. The van der Waals surface area contributed by atoms with Crippen LogP contribution in [0.4, 0.5) is 9.18 Å². The molecule has 130 valence electrons. The number of aromatic nitrogens is 1. The fourth-order valence-electron chi connectivity index (χ4n) is 1.96. The van der Waals surface area contributed by atoms with Crippen LogP contribution in [0.3, 0.4) is 0 Å². The van der Waals surface area contributed by atoms with E-state index >= 15 is 0 Å². The van der Waals surface area contributed by atoms with Crippen LogP contribution in [0.15, 0.2) is 48.7 Å². The number of carbonyl (C=O) groups is 2. The molecule has 0 saturated carbocycles. The number of hydrogen-bond acceptors (Lipinski definition) is 4. The van der Waals surface area contributed by atoms with Gasteiger partial charge >= 0.3 is 12.1 Å². The van der Waals surface area contributed by atoms with Crippen LogP contribution >= 0.6 is 0 Å². The summed E-state index contributed by atoms with van der Waals surface area (Å²) in [5.41, 5.74) is 0.880. The molecule has 0 bridgehead atoms. The van der Waals surface area contributed by atoms with Gasteiger partial charge in [-0.25, -0.2) is 14.6 Å². The first-order valence-electron chi connectivity index (χ1n) is 7.56. The topological polar surface area (TPSA) is 88.5 Å². The molecule has 25 heavy (non-hydrogen) atoms. The number of carbonyl (C=O) groups excluding carboxylic acids is 1. The number of alkyl carbamates (subject to hydrolysis) is 1. The molecule has 0 radical (unpaired) electrons. The molecule has 2 rings (SSSR count). The maximum Gasteiger partial charge on any atom is 0.407 e. The van der Waals surface area contributed by atoms with Gasteiger partial charge in [-0.15, -0.1) is 0 Å². The average Bonchev–Trinajstić information content (AvgIpc) is 2.61. The molecule has 1 aromatic carbocycles. The van der Waals surface area contributed by atoms with Crippen LogP contribution in [0.1, 0.15) is 27.9 Å². The maximum absolute atomic E-state index is 13.2. The lowest BCUT2D eigenvalue weighted by Crippen LogP contribution is -2.24. The highest BCUT2D eigenvalue weighted by atomic mass is 19.1. The molecule has 0 aliphatic rings. The summed E-state index contributed by atoms with van der Waals surface area (Å²) in [6.45, 7) is 0.548. The molecule has 0 aliphatic heterocycles. The Bertz CT molecular complexity index is 763. The fraction of sp³-hybridized carbons (Fsp3) is 0.167. The number of halogens is 1. The smallest absolute Gasteiger partial charge is 0.407 e. The quantitative estimate of drug-likeness (QED) is 0.594. The van der Waals surface area contributed by atoms with Crippen LogP contribution in [0.25, 0.3) is 6.08 Å². The zero-order valence-electron chi connectivity index (χ0n) is 13.3. The molecule has 1 heterocycles. The standard InChI is InChI=1S/C18H17FN2O4/c19-16-15(17(22)23)10-14(11-21-16)8-4-5-9-20-18(24)25-12-13-6-2-1-3-7-13/h1-4,6-8,10-11H,5,9,12H2,(H,20,24)(H,22,23). The second-order valence-corrected chi connectivity index (χ2v) is 5.09. The van der Waals surface area contributed by atoms with Gasteiger partial charge in [0.15, 0.2) is 0 Å². The van der Waals surface area contributed by atoms with E-state index in [9.17, 15) is 14.0 Å². The minimum absolute atomic E-state index is 0.196. The Morgan fingerprint density at radius 1 is 1.28 bits per heavy atom. The van der Waals surface area contributed by atoms with Gasteiger partial charge in [0.05, 0.1) is 0 Å². The molecular formula is C18H17FN2O4. The highest BCUT2D eigenvalue weighted by Gasteiger charge is 2.11. The van der Waals surface area contributed by atoms with Gasteiger partial charge in [-0.3, -0.25) is 0 Å². The molecule has 2 aromatic rings. The minimum Gasteiger partial charge on any atom is -0.478 e. The van der Waals surface area contributed by atoms with Crippen LogP contribution in [0.5, 0.6) is 0 Å². The Kier molecular flexibility index (Phi) is 6.65. The maximum atomic E-state index is 13.2. The number of nitrogens with one attached hydrogen (secondary N) is 1. The van der Waals surface area contributed by atoms with E-state index in [4.69, 9.17) is 9.84 Å². The molecule has 0 atom stereocenters. The van der Waals surface area contributed by atoms with Crippen LogP contribution in [-0.4, -0.2) is 28.7 Å². The number of pyridine rings is 1. The van der Waals surface area contributed by atoms with E-state index in [2.05, 4.69) is 10.3 Å². The lowest BCUT2D eigenvalue weighted by atomic mass is 10.2. The largest absolute Gasteiger partial charge is 0.478 e. The number of benzene rings is 1. The summed E-state index contributed by atoms with van der Waals surface area (Å²) in [6.07, 6.45) is 4.54. The van der Waals surface area contributed by atoms with Crippen molar-refractivity contribution < 1.29 is 23.8 Å². The Morgan fingerprint density at radius 3 is 2.76 bits per heavy atom. The second kappa shape index (κ2) is 9.17. The number of carboxylic acids is 1. The van der Waals surface area contributed by atoms with Crippen molar-refractivity contribution in [1.29, 1.82) is 0 Å². The lowest BCUT2D eigenvalue weighted by molar-refractivity contribution is 0.0690. The first-order chi connectivity index (χ1) is 12.1. The molecule has 0 fully saturated rings. The molecule has 0 saturated heterocycles. The summed E-state index contributed by atoms with van der Waals surface area (Å²) >= 11 is 0. The molecule has 0 spiro atoms. The van der Waals surface area contributed by atoms with Gasteiger partial charge in [0.2, 0.25) is 5.95 Å². The van der Waals surface area contributed by atoms with Crippen molar-refractivity contribution in [3.8, 4) is 0 Å². The summed E-state index contributed by atoms with van der Waals surface area (Å²) in [4.78, 5) is 25.7. The van der Waals surface area contributed by atoms with Crippen molar-refractivity contribution in [3.05, 3.63) is 71.3 Å². The minimum atomic E-state index is -1.37. The van der Waals surface area contributed by atoms with Crippen molar-refractivity contribution in [3.63, 3.8) is 0 Å². The summed E-state index contributed by atoms with van der Waals surface area (Å²) in [6, 6.07) is 10.5. The van der Waals surface area contributed by atoms with Crippen molar-refractivity contribution >= 4 is 18.1 Å². The third-order valence-electron chi connectivity index (χ3n) is 3.19. The first kappa shape index (κ1) is 18.1. The SMILES string of the molecule is O=C(NCCC=Cc1cnc(F)c(C(=O)O)c1)OCc1ccccc1. The van der Waals surface area contributed by atoms with Crippen LogP contribution in [0, 0.1) is 5.95 Å². The monoisotopic (exact) mass is 344 g/mol. The van der Waals surface area contributed by atoms with Gasteiger partial charge in [-0.2, -0.15) is 4.39 Å². The van der Waals surface area contributed by atoms with E-state index < -0.39 is 23.6 Å². The van der Waals surface area contributed by atoms with E-state index in [0.717, 1.165) is 5.56 Å². The third-order valence-corrected chi connectivity index (χ3v) is 3.19. The molecule has 1 aromatic heterocycles. The van der Waals surface area contributed by atoms with Crippen LogP contribution in [0.2, 0.25) is 0 Å². The number of hydrogen-bond donors (Lipinski definition) is 2. The van der Waals surface area contributed by atoms with Crippen LogP contribution in [-0.2, 0) is 11.3 Å². The van der Waals surface area contributed by atoms with Crippen molar-refractivity contribution in [2.75, 3.05) is 6.54 Å². The van der Waals surface area contributed by atoms with Crippen molar-refractivity contribution in [2.24, 2.45) is 0 Å². The number of aromatic carboxylic acids is 1. The molecular weight excluding hydrogens is 327 g/mol. The summed E-state index contributed by atoms with van der Waals surface area (Å²) < 4.78 is 18.2. The van der Waals surface area contributed by atoms with E-state index in [-0.39, 0.29) is 6.61 Å². The number of rotatable bonds is 7.